The van der Waals surface area contributed by atoms with Gasteiger partial charge in [-0.2, -0.15) is 4.98 Å². The van der Waals surface area contributed by atoms with E-state index in [4.69, 9.17) is 14.2 Å². The average Bonchev–Trinajstić information content (AvgIpc) is 3.37. The van der Waals surface area contributed by atoms with Crippen molar-refractivity contribution < 1.29 is 14.1 Å². The summed E-state index contributed by atoms with van der Waals surface area (Å²) >= 11 is 0. The fraction of sp³-hybridized carbons (Fsp3) is 0.148. The highest BCUT2D eigenvalue weighted by Gasteiger charge is 2.35. The maximum atomic E-state index is 13.2. The Hall–Kier alpha value is -4.39. The summed E-state index contributed by atoms with van der Waals surface area (Å²) in [6.07, 6.45) is 0. The number of ether oxygens (including phenoxy) is 1. The molecule has 0 bridgehead atoms. The molecule has 1 N–H and O–H groups in total. The molecule has 0 saturated heterocycles. The summed E-state index contributed by atoms with van der Waals surface area (Å²) in [6.45, 7) is 2.29. The molecule has 7 heteroatoms. The van der Waals surface area contributed by atoms with Crippen molar-refractivity contribution in [1.82, 2.24) is 20.4 Å². The number of carbonyl (C=O) groups excluding carboxylic acids is 1. The number of hydrogen-bond donors (Lipinski definition) is 1. The minimum absolute atomic E-state index is 0.194. The summed E-state index contributed by atoms with van der Waals surface area (Å²) in [5, 5.41) is 7.34. The van der Waals surface area contributed by atoms with Crippen molar-refractivity contribution in [3.05, 3.63) is 108 Å². The summed E-state index contributed by atoms with van der Waals surface area (Å²) in [5.74, 6) is 1.61. The molecule has 2 amide bonds. The van der Waals surface area contributed by atoms with Gasteiger partial charge in [-0.25, -0.2) is 4.79 Å². The van der Waals surface area contributed by atoms with Crippen LogP contribution in [0, 0.1) is 0 Å². The summed E-state index contributed by atoms with van der Waals surface area (Å²) in [6, 6.07) is 26.5. The topological polar surface area (TPSA) is 80.5 Å². The highest BCUT2D eigenvalue weighted by molar-refractivity contribution is 5.86. The zero-order valence-electron chi connectivity index (χ0n) is 18.9. The second kappa shape index (κ2) is 9.23. The van der Waals surface area contributed by atoms with Crippen LogP contribution in [0.4, 0.5) is 4.79 Å². The van der Waals surface area contributed by atoms with Crippen LogP contribution in [0.3, 0.4) is 0 Å². The molecule has 1 aliphatic rings. The largest absolute Gasteiger partial charge is 0.497 e. The predicted octanol–water partition coefficient (Wildman–Crippen LogP) is 5.44. The number of benzene rings is 3. The van der Waals surface area contributed by atoms with Crippen LogP contribution in [-0.4, -0.2) is 28.2 Å². The van der Waals surface area contributed by atoms with Crippen molar-refractivity contribution >= 4 is 11.6 Å². The van der Waals surface area contributed by atoms with Gasteiger partial charge in [-0.1, -0.05) is 78.0 Å². The minimum Gasteiger partial charge on any atom is -0.497 e. The van der Waals surface area contributed by atoms with Crippen LogP contribution in [0.2, 0.25) is 0 Å². The fourth-order valence-electron chi connectivity index (χ4n) is 4.14. The Kier molecular flexibility index (Phi) is 5.82. The van der Waals surface area contributed by atoms with E-state index in [2.05, 4.69) is 10.5 Å². The van der Waals surface area contributed by atoms with E-state index in [1.165, 1.54) is 0 Å². The molecule has 34 heavy (non-hydrogen) atoms. The van der Waals surface area contributed by atoms with E-state index in [0.717, 1.165) is 33.7 Å². The highest BCUT2D eigenvalue weighted by Crippen LogP contribution is 2.37. The lowest BCUT2D eigenvalue weighted by Crippen LogP contribution is -2.45. The lowest BCUT2D eigenvalue weighted by atomic mass is 9.94. The predicted molar refractivity (Wildman–Crippen MR) is 129 cm³/mol. The molecule has 1 aromatic heterocycles. The van der Waals surface area contributed by atoms with Gasteiger partial charge in [0.1, 0.15) is 5.75 Å². The first-order chi connectivity index (χ1) is 16.6. The molecule has 0 saturated carbocycles. The Morgan fingerprint density at radius 1 is 1.00 bits per heavy atom. The van der Waals surface area contributed by atoms with Crippen LogP contribution in [0.15, 0.2) is 95.1 Å². The van der Waals surface area contributed by atoms with E-state index in [1.807, 2.05) is 91.9 Å². The van der Waals surface area contributed by atoms with E-state index in [-0.39, 0.29) is 6.03 Å². The van der Waals surface area contributed by atoms with Crippen molar-refractivity contribution in [3.8, 4) is 17.1 Å². The van der Waals surface area contributed by atoms with Crippen molar-refractivity contribution in [2.24, 2.45) is 0 Å². The Morgan fingerprint density at radius 2 is 1.74 bits per heavy atom. The fourth-order valence-corrected chi connectivity index (χ4v) is 4.14. The van der Waals surface area contributed by atoms with Gasteiger partial charge in [-0.3, -0.25) is 4.90 Å². The number of urea groups is 1. The van der Waals surface area contributed by atoms with E-state index >= 15 is 0 Å². The molecule has 0 aliphatic carbocycles. The lowest BCUT2D eigenvalue weighted by molar-refractivity contribution is 0.203. The van der Waals surface area contributed by atoms with Crippen molar-refractivity contribution in [1.29, 1.82) is 0 Å². The molecular weight excluding hydrogens is 428 g/mol. The Morgan fingerprint density at radius 3 is 2.47 bits per heavy atom. The van der Waals surface area contributed by atoms with Gasteiger partial charge in [0.15, 0.2) is 0 Å². The number of nitrogens with zero attached hydrogens (tertiary/aromatic N) is 3. The quantitative estimate of drug-likeness (QED) is 0.421. The van der Waals surface area contributed by atoms with Gasteiger partial charge in [0.25, 0.3) is 5.89 Å². The van der Waals surface area contributed by atoms with E-state index < -0.39 is 6.04 Å². The monoisotopic (exact) mass is 452 g/mol. The van der Waals surface area contributed by atoms with Crippen molar-refractivity contribution in [2.45, 2.75) is 19.5 Å². The molecule has 3 aromatic carbocycles. The minimum atomic E-state index is -0.417. The second-order valence-corrected chi connectivity index (χ2v) is 8.02. The van der Waals surface area contributed by atoms with E-state index in [1.54, 1.807) is 12.0 Å². The number of nitrogens with one attached hydrogen (secondary N) is 1. The summed E-state index contributed by atoms with van der Waals surface area (Å²) in [5.41, 5.74) is 4.26. The number of hydrogen-bond acceptors (Lipinski definition) is 5. The number of rotatable bonds is 6. The van der Waals surface area contributed by atoms with Crippen molar-refractivity contribution in [3.63, 3.8) is 0 Å². The van der Waals surface area contributed by atoms with Gasteiger partial charge in [0.05, 0.1) is 25.3 Å². The van der Waals surface area contributed by atoms with Crippen LogP contribution in [0.1, 0.15) is 30.0 Å². The first-order valence-corrected chi connectivity index (χ1v) is 11.0. The smallest absolute Gasteiger partial charge is 0.322 e. The standard InChI is InChI=1S/C27H24N4O3/c1-18-23(26-29-25(30-34-26)21-13-7-4-8-14-21)24(20-11-5-3-6-12-20)28-27(32)31(18)17-19-10-9-15-22(16-19)33-2/h3-16,24H,17H2,1-2H3,(H,28,32). The molecular formula is C27H24N4O3. The lowest BCUT2D eigenvalue weighted by Gasteiger charge is -2.35. The van der Waals surface area contributed by atoms with Crippen LogP contribution < -0.4 is 10.1 Å². The zero-order valence-corrected chi connectivity index (χ0v) is 18.9. The van der Waals surface area contributed by atoms with Gasteiger partial charge in [0, 0.05) is 11.3 Å². The van der Waals surface area contributed by atoms with Crippen LogP contribution in [0.25, 0.3) is 17.0 Å². The van der Waals surface area contributed by atoms with Crippen LogP contribution >= 0.6 is 0 Å². The maximum Gasteiger partial charge on any atom is 0.322 e. The highest BCUT2D eigenvalue weighted by atomic mass is 16.5. The number of amides is 2. The first kappa shape index (κ1) is 21.5. The Labute approximate surface area is 197 Å². The van der Waals surface area contributed by atoms with Gasteiger partial charge in [0.2, 0.25) is 5.82 Å². The van der Waals surface area contributed by atoms with Gasteiger partial charge in [-0.05, 0) is 30.2 Å². The number of carbonyl (C=O) groups is 1. The summed E-state index contributed by atoms with van der Waals surface area (Å²) < 4.78 is 11.1. The Balaban J connectivity index is 1.58. The zero-order chi connectivity index (χ0) is 23.5. The molecule has 0 fully saturated rings. The average molecular weight is 453 g/mol. The van der Waals surface area contributed by atoms with Crippen LogP contribution in [0.5, 0.6) is 5.75 Å². The third-order valence-electron chi connectivity index (χ3n) is 5.89. The molecule has 7 nitrogen and oxygen atoms in total. The van der Waals surface area contributed by atoms with Gasteiger partial charge in [-0.15, -0.1) is 0 Å². The third-order valence-corrected chi connectivity index (χ3v) is 5.89. The normalized spacial score (nSPS) is 15.9. The molecule has 170 valence electrons. The second-order valence-electron chi connectivity index (χ2n) is 8.02. The summed E-state index contributed by atoms with van der Waals surface area (Å²) in [4.78, 5) is 19.6. The molecule has 5 rings (SSSR count). The van der Waals surface area contributed by atoms with E-state index in [0.29, 0.717) is 18.3 Å². The van der Waals surface area contributed by atoms with Crippen molar-refractivity contribution in [2.75, 3.05) is 7.11 Å². The number of allylic oxidation sites excluding steroid dienone is 1. The Bertz CT molecular complexity index is 1330. The SMILES string of the molecule is COc1cccc(CN2C(=O)NC(c3ccccc3)C(c3nc(-c4ccccc4)no3)=C2C)c1. The molecule has 1 aliphatic heterocycles. The molecule has 0 spiro atoms. The molecule has 0 radical (unpaired) electrons. The number of methoxy groups -OCH3 is 1. The molecule has 4 aromatic rings. The first-order valence-electron chi connectivity index (χ1n) is 11.0. The molecule has 1 unspecified atom stereocenters. The maximum absolute atomic E-state index is 13.2. The third kappa shape index (κ3) is 4.15. The number of aromatic nitrogens is 2. The van der Waals surface area contributed by atoms with Gasteiger partial charge >= 0.3 is 6.03 Å². The van der Waals surface area contributed by atoms with Gasteiger partial charge < -0.3 is 14.6 Å². The molecule has 1 atom stereocenters. The molecule has 2 heterocycles. The van der Waals surface area contributed by atoms with E-state index in [9.17, 15) is 4.79 Å². The summed E-state index contributed by atoms with van der Waals surface area (Å²) in [7, 11) is 1.63. The van der Waals surface area contributed by atoms with Crippen LogP contribution in [-0.2, 0) is 6.54 Å².